The zero-order valence-corrected chi connectivity index (χ0v) is 16.0. The number of nitrogens with zero attached hydrogens (tertiary/aromatic N) is 6. The monoisotopic (exact) mass is 374 g/mol. The molecule has 10 heteroatoms. The smallest absolute Gasteiger partial charge is 0.333 e. The Morgan fingerprint density at radius 1 is 1.22 bits per heavy atom. The van der Waals surface area contributed by atoms with Gasteiger partial charge in [0, 0.05) is 19.3 Å². The number of rotatable bonds is 5. The summed E-state index contributed by atoms with van der Waals surface area (Å²) in [6.45, 7) is 5.80. The molecule has 0 aliphatic carbocycles. The van der Waals surface area contributed by atoms with Crippen LogP contribution in [0, 0.1) is 13.8 Å². The van der Waals surface area contributed by atoms with Crippen LogP contribution in [0.3, 0.4) is 0 Å². The van der Waals surface area contributed by atoms with Crippen molar-refractivity contribution in [3.63, 3.8) is 0 Å². The van der Waals surface area contributed by atoms with Gasteiger partial charge in [0.1, 0.15) is 6.54 Å². The van der Waals surface area contributed by atoms with E-state index < -0.39 is 23.8 Å². The predicted octanol–water partition coefficient (Wildman–Crippen LogP) is 0.282. The van der Waals surface area contributed by atoms with Crippen LogP contribution in [-0.4, -0.2) is 41.5 Å². The third-order valence-electron chi connectivity index (χ3n) is 4.37. The van der Waals surface area contributed by atoms with E-state index in [2.05, 4.69) is 14.8 Å². The molecule has 27 heavy (non-hydrogen) atoms. The number of esters is 1. The topological polar surface area (TPSA) is 106 Å². The standard InChI is InChI=1S/C17H22N6O4/c1-6-7-21-13-14(18-16(21)23-11(3)8-10(2)19-23)20(4)17(26)22(15(13)25)9-12(24)27-5/h8H,6-7,9H2,1-5H3. The quantitative estimate of drug-likeness (QED) is 0.594. The molecule has 3 rings (SSSR count). The molecule has 0 atom stereocenters. The Bertz CT molecular complexity index is 1150. The fourth-order valence-corrected chi connectivity index (χ4v) is 3.12. The van der Waals surface area contributed by atoms with E-state index in [0.29, 0.717) is 12.5 Å². The largest absolute Gasteiger partial charge is 0.468 e. The summed E-state index contributed by atoms with van der Waals surface area (Å²) >= 11 is 0. The second-order valence-electron chi connectivity index (χ2n) is 6.38. The SMILES string of the molecule is CCCn1c(-n2nc(C)cc2C)nc2c1c(=O)n(CC(=O)OC)c(=O)n2C. The number of carbonyl (C=O) groups is 1. The summed E-state index contributed by atoms with van der Waals surface area (Å²) in [6.07, 6.45) is 0.747. The summed E-state index contributed by atoms with van der Waals surface area (Å²) in [4.78, 5) is 41.8. The minimum Gasteiger partial charge on any atom is -0.468 e. The van der Waals surface area contributed by atoms with Gasteiger partial charge in [-0.05, 0) is 26.3 Å². The maximum Gasteiger partial charge on any atom is 0.333 e. The van der Waals surface area contributed by atoms with Gasteiger partial charge in [-0.15, -0.1) is 0 Å². The molecule has 3 aromatic heterocycles. The Labute approximate surface area is 154 Å². The summed E-state index contributed by atoms with van der Waals surface area (Å²) in [7, 11) is 2.73. The highest BCUT2D eigenvalue weighted by Crippen LogP contribution is 2.17. The number of carbonyl (C=O) groups excluding carboxylic acids is 1. The first kappa shape index (κ1) is 18.6. The summed E-state index contributed by atoms with van der Waals surface area (Å²) < 4.78 is 10.1. The van der Waals surface area contributed by atoms with E-state index in [9.17, 15) is 14.4 Å². The van der Waals surface area contributed by atoms with Crippen LogP contribution in [0.4, 0.5) is 0 Å². The molecule has 3 heterocycles. The Kier molecular flexibility index (Phi) is 4.73. The summed E-state index contributed by atoms with van der Waals surface area (Å²) in [5.41, 5.74) is 0.985. The molecule has 0 aliphatic heterocycles. The first-order valence-corrected chi connectivity index (χ1v) is 8.60. The van der Waals surface area contributed by atoms with Gasteiger partial charge in [-0.3, -0.25) is 14.2 Å². The zero-order valence-electron chi connectivity index (χ0n) is 16.0. The van der Waals surface area contributed by atoms with Gasteiger partial charge >= 0.3 is 11.7 Å². The number of hydrogen-bond acceptors (Lipinski definition) is 6. The Balaban J connectivity index is 2.40. The van der Waals surface area contributed by atoms with Crippen molar-refractivity contribution in [3.05, 3.63) is 38.3 Å². The molecule has 0 radical (unpaired) electrons. The third-order valence-corrected chi connectivity index (χ3v) is 4.37. The molecule has 0 unspecified atom stereocenters. The van der Waals surface area contributed by atoms with Crippen LogP contribution in [0.2, 0.25) is 0 Å². The number of fused-ring (bicyclic) bond motifs is 1. The minimum atomic E-state index is -0.672. The van der Waals surface area contributed by atoms with Crippen LogP contribution in [0.5, 0.6) is 0 Å². The molecule has 0 bridgehead atoms. The van der Waals surface area contributed by atoms with Crippen LogP contribution in [-0.2, 0) is 29.7 Å². The number of hydrogen-bond donors (Lipinski definition) is 0. The summed E-state index contributed by atoms with van der Waals surface area (Å²) in [5.74, 6) is -0.214. The van der Waals surface area contributed by atoms with Gasteiger partial charge in [0.25, 0.3) is 5.56 Å². The molecule has 0 N–H and O–H groups in total. The van der Waals surface area contributed by atoms with Gasteiger partial charge in [0.05, 0.1) is 12.8 Å². The highest BCUT2D eigenvalue weighted by molar-refractivity contribution is 5.74. The zero-order chi connectivity index (χ0) is 19.9. The molecule has 0 aliphatic rings. The summed E-state index contributed by atoms with van der Waals surface area (Å²) in [5, 5.41) is 4.45. The fraction of sp³-hybridized carbons (Fsp3) is 0.471. The average Bonchev–Trinajstić information content (AvgIpc) is 3.16. The van der Waals surface area contributed by atoms with Crippen LogP contribution in [0.1, 0.15) is 24.7 Å². The maximum absolute atomic E-state index is 13.0. The second-order valence-corrected chi connectivity index (χ2v) is 6.38. The molecule has 0 amide bonds. The minimum absolute atomic E-state index is 0.252. The van der Waals surface area contributed by atoms with Gasteiger partial charge in [-0.1, -0.05) is 6.92 Å². The van der Waals surface area contributed by atoms with Crippen molar-refractivity contribution in [1.29, 1.82) is 0 Å². The van der Waals surface area contributed by atoms with E-state index in [0.717, 1.165) is 22.4 Å². The van der Waals surface area contributed by atoms with Crippen LogP contribution in [0.15, 0.2) is 15.7 Å². The molecule has 0 aromatic carbocycles. The van der Waals surface area contributed by atoms with Crippen molar-refractivity contribution in [3.8, 4) is 5.95 Å². The second kappa shape index (κ2) is 6.86. The normalized spacial score (nSPS) is 11.3. The lowest BCUT2D eigenvalue weighted by atomic mass is 10.4. The van der Waals surface area contributed by atoms with Crippen molar-refractivity contribution in [1.82, 2.24) is 28.5 Å². The number of aryl methyl sites for hydroxylation is 4. The van der Waals surface area contributed by atoms with E-state index in [1.54, 1.807) is 9.25 Å². The molecule has 144 valence electrons. The van der Waals surface area contributed by atoms with Crippen molar-refractivity contribution in [2.75, 3.05) is 7.11 Å². The average molecular weight is 374 g/mol. The van der Waals surface area contributed by atoms with E-state index >= 15 is 0 Å². The first-order chi connectivity index (χ1) is 12.8. The third kappa shape index (κ3) is 2.96. The maximum atomic E-state index is 13.0. The number of methoxy groups -OCH3 is 1. The highest BCUT2D eigenvalue weighted by Gasteiger charge is 2.23. The molecule has 10 nitrogen and oxygen atoms in total. The van der Waals surface area contributed by atoms with Gasteiger partial charge in [0.15, 0.2) is 11.2 Å². The predicted molar refractivity (Wildman–Crippen MR) is 98.1 cm³/mol. The lowest BCUT2D eigenvalue weighted by Gasteiger charge is -2.10. The number of aromatic nitrogens is 6. The van der Waals surface area contributed by atoms with Crippen molar-refractivity contribution in [2.45, 2.75) is 40.3 Å². The molecule has 0 fully saturated rings. The van der Waals surface area contributed by atoms with Crippen LogP contribution < -0.4 is 11.2 Å². The van der Waals surface area contributed by atoms with Crippen molar-refractivity contribution >= 4 is 17.1 Å². The molecule has 0 saturated carbocycles. The van der Waals surface area contributed by atoms with Gasteiger partial charge in [-0.25, -0.2) is 14.0 Å². The van der Waals surface area contributed by atoms with Gasteiger partial charge in [0.2, 0.25) is 5.95 Å². The summed E-state index contributed by atoms with van der Waals surface area (Å²) in [6, 6.07) is 1.91. The van der Waals surface area contributed by atoms with E-state index in [1.807, 2.05) is 26.8 Å². The fourth-order valence-electron chi connectivity index (χ4n) is 3.12. The Morgan fingerprint density at radius 2 is 1.93 bits per heavy atom. The van der Waals surface area contributed by atoms with Crippen LogP contribution >= 0.6 is 0 Å². The molecular weight excluding hydrogens is 352 g/mol. The molecule has 3 aromatic rings. The molecular formula is C17H22N6O4. The molecule has 0 spiro atoms. The van der Waals surface area contributed by atoms with E-state index in [-0.39, 0.29) is 11.2 Å². The first-order valence-electron chi connectivity index (χ1n) is 8.60. The Morgan fingerprint density at radius 3 is 2.48 bits per heavy atom. The van der Waals surface area contributed by atoms with E-state index in [1.165, 1.54) is 18.7 Å². The van der Waals surface area contributed by atoms with Crippen molar-refractivity contribution < 1.29 is 9.53 Å². The number of imidazole rings is 1. The highest BCUT2D eigenvalue weighted by atomic mass is 16.5. The van der Waals surface area contributed by atoms with Crippen molar-refractivity contribution in [2.24, 2.45) is 7.05 Å². The van der Waals surface area contributed by atoms with Gasteiger partial charge < -0.3 is 9.30 Å². The lowest BCUT2D eigenvalue weighted by Crippen LogP contribution is -2.41. The molecule has 0 saturated heterocycles. The number of ether oxygens (including phenoxy) is 1. The van der Waals surface area contributed by atoms with Crippen LogP contribution in [0.25, 0.3) is 17.1 Å². The van der Waals surface area contributed by atoms with Gasteiger partial charge in [-0.2, -0.15) is 10.1 Å². The Hall–Kier alpha value is -3.17. The van der Waals surface area contributed by atoms with E-state index in [4.69, 9.17) is 0 Å². The lowest BCUT2D eigenvalue weighted by molar-refractivity contribution is -0.141.